The van der Waals surface area contributed by atoms with E-state index in [4.69, 9.17) is 14.6 Å². The fourth-order valence-corrected chi connectivity index (χ4v) is 3.66. The van der Waals surface area contributed by atoms with Crippen molar-refractivity contribution in [2.75, 3.05) is 19.8 Å². The van der Waals surface area contributed by atoms with E-state index in [1.54, 1.807) is 0 Å². The Balaban J connectivity index is 1.90. The summed E-state index contributed by atoms with van der Waals surface area (Å²) in [5, 5.41) is 29.0. The van der Waals surface area contributed by atoms with Gasteiger partial charge in [0, 0.05) is 0 Å². The molecule has 0 aromatic heterocycles. The Morgan fingerprint density at radius 3 is 2.04 bits per heavy atom. The third kappa shape index (κ3) is 11.5. The van der Waals surface area contributed by atoms with Gasteiger partial charge in [-0.05, 0) is 19.3 Å². The van der Waals surface area contributed by atoms with Crippen LogP contribution in [-0.4, -0.2) is 59.6 Å². The molecule has 0 spiro atoms. The third-order valence-electron chi connectivity index (χ3n) is 5.49. The highest BCUT2D eigenvalue weighted by Gasteiger charge is 2.38. The minimum absolute atomic E-state index is 0.0850. The molecule has 0 saturated carbocycles. The predicted molar refractivity (Wildman–Crippen MR) is 113 cm³/mol. The Hall–Kier alpha value is -0.460. The summed E-state index contributed by atoms with van der Waals surface area (Å²) < 4.78 is 10.8. The van der Waals surface area contributed by atoms with Crippen LogP contribution in [-0.2, 0) is 9.47 Å². The summed E-state index contributed by atoms with van der Waals surface area (Å²) in [5.41, 5.74) is 0. The Labute approximate surface area is 172 Å². The zero-order chi connectivity index (χ0) is 20.5. The van der Waals surface area contributed by atoms with Gasteiger partial charge >= 0.3 is 0 Å². The molecule has 0 radical (unpaired) electrons. The minimum Gasteiger partial charge on any atom is -0.394 e. The average molecular weight is 401 g/mol. The second kappa shape index (κ2) is 17.4. The normalized spacial score (nSPS) is 25.6. The highest BCUT2D eigenvalue weighted by Crippen LogP contribution is 2.18. The average Bonchev–Trinajstić information content (AvgIpc) is 2.70. The van der Waals surface area contributed by atoms with Crippen LogP contribution in [0.15, 0.2) is 12.2 Å². The van der Waals surface area contributed by atoms with Crippen LogP contribution >= 0.6 is 0 Å². The number of allylic oxidation sites excluding steroid dienone is 1. The highest BCUT2D eigenvalue weighted by molar-refractivity contribution is 4.88. The molecule has 1 heterocycles. The van der Waals surface area contributed by atoms with Gasteiger partial charge in [0.1, 0.15) is 24.4 Å². The van der Waals surface area contributed by atoms with Gasteiger partial charge in [0.25, 0.3) is 0 Å². The zero-order valence-electron chi connectivity index (χ0n) is 17.9. The summed E-state index contributed by atoms with van der Waals surface area (Å²) in [4.78, 5) is 0. The van der Waals surface area contributed by atoms with Gasteiger partial charge in [0.05, 0.1) is 19.8 Å². The van der Waals surface area contributed by atoms with Gasteiger partial charge in [-0.1, -0.05) is 83.3 Å². The van der Waals surface area contributed by atoms with E-state index in [1.165, 1.54) is 70.6 Å². The van der Waals surface area contributed by atoms with E-state index < -0.39 is 24.4 Å². The van der Waals surface area contributed by atoms with Gasteiger partial charge in [-0.3, -0.25) is 0 Å². The molecular formula is C23H44O5. The molecule has 0 bridgehead atoms. The van der Waals surface area contributed by atoms with Crippen molar-refractivity contribution in [2.45, 2.75) is 115 Å². The molecule has 1 fully saturated rings. The summed E-state index contributed by atoms with van der Waals surface area (Å²) in [6, 6.07) is 0. The van der Waals surface area contributed by atoms with Crippen LogP contribution in [0.4, 0.5) is 0 Å². The fraction of sp³-hybridized carbons (Fsp3) is 0.913. The van der Waals surface area contributed by atoms with Gasteiger partial charge in [-0.25, -0.2) is 0 Å². The lowest BCUT2D eigenvalue weighted by Gasteiger charge is -2.37. The quantitative estimate of drug-likeness (QED) is 0.253. The van der Waals surface area contributed by atoms with Crippen LogP contribution in [0.2, 0.25) is 0 Å². The lowest BCUT2D eigenvalue weighted by Crippen LogP contribution is -2.55. The van der Waals surface area contributed by atoms with Crippen molar-refractivity contribution in [1.82, 2.24) is 0 Å². The first-order chi connectivity index (χ1) is 13.7. The van der Waals surface area contributed by atoms with Crippen molar-refractivity contribution in [2.24, 2.45) is 0 Å². The van der Waals surface area contributed by atoms with E-state index >= 15 is 0 Å². The van der Waals surface area contributed by atoms with Crippen molar-refractivity contribution >= 4 is 0 Å². The van der Waals surface area contributed by atoms with Crippen LogP contribution in [0, 0.1) is 0 Å². The third-order valence-corrected chi connectivity index (χ3v) is 5.49. The number of rotatable bonds is 17. The van der Waals surface area contributed by atoms with Gasteiger partial charge in [-0.15, -0.1) is 0 Å². The summed E-state index contributed by atoms with van der Waals surface area (Å²) in [5.74, 6) is 0. The number of aliphatic hydroxyl groups excluding tert-OH is 3. The molecule has 4 atom stereocenters. The molecule has 166 valence electrons. The first-order valence-corrected chi connectivity index (χ1v) is 11.6. The molecule has 0 aromatic rings. The van der Waals surface area contributed by atoms with Gasteiger partial charge in [-0.2, -0.15) is 0 Å². The molecular weight excluding hydrogens is 356 g/mol. The predicted octanol–water partition coefficient (Wildman–Crippen LogP) is 4.13. The molecule has 1 saturated heterocycles. The van der Waals surface area contributed by atoms with E-state index in [9.17, 15) is 10.2 Å². The summed E-state index contributed by atoms with van der Waals surface area (Å²) in [6.45, 7) is 2.53. The van der Waals surface area contributed by atoms with Crippen LogP contribution < -0.4 is 0 Å². The molecule has 1 aliphatic rings. The summed E-state index contributed by atoms with van der Waals surface area (Å²) in [6.07, 6.45) is 18.0. The van der Waals surface area contributed by atoms with Gasteiger partial charge in [0.2, 0.25) is 0 Å². The van der Waals surface area contributed by atoms with Gasteiger partial charge in [0.15, 0.2) is 0 Å². The molecule has 0 amide bonds. The topological polar surface area (TPSA) is 79.2 Å². The Morgan fingerprint density at radius 2 is 1.43 bits per heavy atom. The monoisotopic (exact) mass is 400 g/mol. The maximum absolute atomic E-state index is 10.0. The number of ether oxygens (including phenoxy) is 2. The first-order valence-electron chi connectivity index (χ1n) is 11.6. The second-order valence-electron chi connectivity index (χ2n) is 8.03. The lowest BCUT2D eigenvalue weighted by atomic mass is 10.0. The maximum atomic E-state index is 10.0. The van der Waals surface area contributed by atoms with Crippen molar-refractivity contribution in [3.63, 3.8) is 0 Å². The molecule has 0 unspecified atom stereocenters. The highest BCUT2D eigenvalue weighted by atomic mass is 16.6. The van der Waals surface area contributed by atoms with E-state index in [2.05, 4.69) is 19.1 Å². The van der Waals surface area contributed by atoms with E-state index in [0.29, 0.717) is 6.61 Å². The standard InChI is InChI=1S/C23H44O5/c1-2-3-4-5-6-7-8-9-10-11-12-13-14-15-16-17-27-23-20(25)19-28-21(18-24)22(23)26/h14-15,20-26H,2-13,16-19H2,1H3/b15-14+/t20-,21+,22+,23+/m0/s1. The molecule has 5 heteroatoms. The fourth-order valence-electron chi connectivity index (χ4n) is 3.66. The van der Waals surface area contributed by atoms with Crippen LogP contribution in [0.25, 0.3) is 0 Å². The molecule has 1 rings (SSSR count). The number of aliphatic hydroxyl groups is 3. The van der Waals surface area contributed by atoms with Gasteiger partial charge < -0.3 is 24.8 Å². The van der Waals surface area contributed by atoms with E-state index in [1.807, 2.05) is 0 Å². The molecule has 0 aromatic carbocycles. The summed E-state index contributed by atoms with van der Waals surface area (Å²) >= 11 is 0. The number of hydrogen-bond donors (Lipinski definition) is 3. The molecule has 0 aliphatic carbocycles. The Bertz CT molecular complexity index is 374. The lowest BCUT2D eigenvalue weighted by molar-refractivity contribution is -0.210. The smallest absolute Gasteiger partial charge is 0.114 e. The van der Waals surface area contributed by atoms with Crippen molar-refractivity contribution < 1.29 is 24.8 Å². The largest absolute Gasteiger partial charge is 0.394 e. The second-order valence-corrected chi connectivity index (χ2v) is 8.03. The van der Waals surface area contributed by atoms with Crippen molar-refractivity contribution in [3.8, 4) is 0 Å². The summed E-state index contributed by atoms with van der Waals surface area (Å²) in [7, 11) is 0. The van der Waals surface area contributed by atoms with Crippen LogP contribution in [0.5, 0.6) is 0 Å². The maximum Gasteiger partial charge on any atom is 0.114 e. The SMILES string of the molecule is CCCCCCCCCCCCC/C=C/CCO[C@H]1[C@H](O)[C@@H](CO)OC[C@@H]1O. The molecule has 5 nitrogen and oxygen atoms in total. The van der Waals surface area contributed by atoms with E-state index in [0.717, 1.165) is 12.8 Å². The number of unbranched alkanes of at least 4 members (excludes halogenated alkanes) is 11. The van der Waals surface area contributed by atoms with E-state index in [-0.39, 0.29) is 13.2 Å². The first kappa shape index (κ1) is 25.6. The molecule has 3 N–H and O–H groups in total. The number of hydrogen-bond acceptors (Lipinski definition) is 5. The van der Waals surface area contributed by atoms with Crippen molar-refractivity contribution in [3.05, 3.63) is 12.2 Å². The zero-order valence-corrected chi connectivity index (χ0v) is 17.9. The minimum atomic E-state index is -0.992. The van der Waals surface area contributed by atoms with Crippen LogP contribution in [0.1, 0.15) is 90.4 Å². The van der Waals surface area contributed by atoms with Crippen molar-refractivity contribution in [1.29, 1.82) is 0 Å². The Kier molecular flexibility index (Phi) is 15.9. The molecule has 1 aliphatic heterocycles. The molecule has 28 heavy (non-hydrogen) atoms. The Morgan fingerprint density at radius 1 is 0.857 bits per heavy atom. The van der Waals surface area contributed by atoms with Crippen LogP contribution in [0.3, 0.4) is 0 Å².